The average Bonchev–Trinajstić information content (AvgIpc) is 3.37. The molecular formula is C61H113NO9. The van der Waals surface area contributed by atoms with E-state index in [0.717, 1.165) is 193 Å². The fraction of sp³-hybridized carbons (Fsp3) is 0.836. The van der Waals surface area contributed by atoms with E-state index in [-0.39, 0.29) is 31.1 Å². The Labute approximate surface area is 437 Å². The van der Waals surface area contributed by atoms with Gasteiger partial charge in [0.25, 0.3) is 0 Å². The lowest BCUT2D eigenvalue weighted by atomic mass is 10.1. The van der Waals surface area contributed by atoms with Gasteiger partial charge in [-0.2, -0.15) is 0 Å². The fourth-order valence-electron chi connectivity index (χ4n) is 8.14. The number of ether oxygens (including phenoxy) is 6. The Morgan fingerprint density at radius 1 is 0.366 bits per heavy atom. The summed E-state index contributed by atoms with van der Waals surface area (Å²) in [6.07, 6.45) is 52.5. The zero-order chi connectivity index (χ0) is 51.6. The number of nitrogens with zero attached hydrogens (tertiary/aromatic N) is 1. The van der Waals surface area contributed by atoms with Crippen LogP contribution in [0.1, 0.15) is 252 Å². The van der Waals surface area contributed by atoms with Gasteiger partial charge in [-0.3, -0.25) is 9.59 Å². The minimum Gasteiger partial charge on any atom is -0.466 e. The van der Waals surface area contributed by atoms with Crippen molar-refractivity contribution in [3.05, 3.63) is 48.6 Å². The standard InChI is InChI=1S/C61H113NO9/c1-5-9-13-17-21-29-39-54-68-60(69-55-40-30-22-18-14-10-6-2)46-44-58(64)66-52-37-33-25-27-35-48-62(50-43-51-63)49-36-28-26-34-38-53-67-59(65)45-47-61(70-56-41-31-23-19-15-11-7-3)71-57-42-32-24-20-16-12-8-4/h9-16,60-61,63H,5-8,17-57H2,1-4H3/b13-9-,14-10-,15-11-,16-12-. The van der Waals surface area contributed by atoms with Crippen molar-refractivity contribution in [1.82, 2.24) is 4.90 Å². The van der Waals surface area contributed by atoms with Gasteiger partial charge < -0.3 is 38.4 Å². The van der Waals surface area contributed by atoms with Gasteiger partial charge >= 0.3 is 11.9 Å². The molecule has 0 aromatic carbocycles. The minimum atomic E-state index is -0.356. The monoisotopic (exact) mass is 1000 g/mol. The molecule has 0 fully saturated rings. The minimum absolute atomic E-state index is 0.165. The molecule has 0 rings (SSSR count). The van der Waals surface area contributed by atoms with E-state index in [9.17, 15) is 14.7 Å². The number of rotatable bonds is 57. The molecule has 0 aliphatic rings. The van der Waals surface area contributed by atoms with Crippen LogP contribution in [-0.2, 0) is 38.0 Å². The van der Waals surface area contributed by atoms with Gasteiger partial charge in [0.1, 0.15) is 0 Å². The summed E-state index contributed by atoms with van der Waals surface area (Å²) in [4.78, 5) is 27.7. The first kappa shape index (κ1) is 68.7. The average molecular weight is 1000 g/mol. The summed E-state index contributed by atoms with van der Waals surface area (Å²) in [5.74, 6) is -0.329. The van der Waals surface area contributed by atoms with Crippen LogP contribution in [0.15, 0.2) is 48.6 Å². The Kier molecular flexibility index (Phi) is 56.6. The summed E-state index contributed by atoms with van der Waals surface area (Å²) < 4.78 is 35.6. The quantitative estimate of drug-likeness (QED) is 0.0273. The second-order valence-corrected chi connectivity index (χ2v) is 19.2. The van der Waals surface area contributed by atoms with Crippen molar-refractivity contribution >= 4 is 11.9 Å². The molecule has 0 amide bonds. The van der Waals surface area contributed by atoms with Crippen LogP contribution in [0.5, 0.6) is 0 Å². The van der Waals surface area contributed by atoms with Crippen LogP contribution >= 0.6 is 0 Å². The number of carbonyl (C=O) groups is 2. The first-order chi connectivity index (χ1) is 35.0. The molecule has 0 aromatic rings. The molecule has 0 saturated heterocycles. The number of allylic oxidation sites excluding steroid dienone is 8. The Bertz CT molecular complexity index is 1080. The molecule has 0 aliphatic carbocycles. The van der Waals surface area contributed by atoms with E-state index in [2.05, 4.69) is 81.2 Å². The fourth-order valence-corrected chi connectivity index (χ4v) is 8.14. The molecule has 0 radical (unpaired) electrons. The summed E-state index contributed by atoms with van der Waals surface area (Å²) in [5, 5.41) is 9.49. The zero-order valence-electron chi connectivity index (χ0n) is 46.8. The van der Waals surface area contributed by atoms with E-state index < -0.39 is 0 Å². The number of aliphatic hydroxyl groups is 1. The lowest BCUT2D eigenvalue weighted by Crippen LogP contribution is -2.27. The maximum Gasteiger partial charge on any atom is 0.305 e. The van der Waals surface area contributed by atoms with Crippen LogP contribution in [0.2, 0.25) is 0 Å². The summed E-state index contributed by atoms with van der Waals surface area (Å²) in [6, 6.07) is 0. The third-order valence-electron chi connectivity index (χ3n) is 12.4. The third kappa shape index (κ3) is 53.8. The van der Waals surface area contributed by atoms with Crippen molar-refractivity contribution in [2.75, 3.05) is 65.9 Å². The van der Waals surface area contributed by atoms with Gasteiger partial charge in [-0.1, -0.05) is 141 Å². The highest BCUT2D eigenvalue weighted by Crippen LogP contribution is 2.15. The van der Waals surface area contributed by atoms with Gasteiger partial charge in [0, 0.05) is 52.4 Å². The molecule has 0 heterocycles. The van der Waals surface area contributed by atoms with E-state index in [4.69, 9.17) is 28.4 Å². The normalized spacial score (nSPS) is 12.2. The number of hydrogen-bond donors (Lipinski definition) is 1. The second kappa shape index (κ2) is 58.5. The van der Waals surface area contributed by atoms with Gasteiger partial charge in [-0.25, -0.2) is 0 Å². The van der Waals surface area contributed by atoms with Crippen LogP contribution in [-0.4, -0.2) is 100 Å². The maximum atomic E-state index is 12.6. The molecule has 71 heavy (non-hydrogen) atoms. The van der Waals surface area contributed by atoms with Gasteiger partial charge in [0.15, 0.2) is 12.6 Å². The van der Waals surface area contributed by atoms with Crippen LogP contribution in [0.3, 0.4) is 0 Å². The Morgan fingerprint density at radius 3 is 0.972 bits per heavy atom. The highest BCUT2D eigenvalue weighted by atomic mass is 16.7. The van der Waals surface area contributed by atoms with Crippen LogP contribution < -0.4 is 0 Å². The van der Waals surface area contributed by atoms with Crippen LogP contribution in [0.4, 0.5) is 0 Å². The molecule has 0 aromatic heterocycles. The molecule has 0 aliphatic heterocycles. The molecule has 10 nitrogen and oxygen atoms in total. The van der Waals surface area contributed by atoms with Gasteiger partial charge in [-0.05, 0) is 148 Å². The van der Waals surface area contributed by atoms with E-state index in [1.165, 1.54) is 25.7 Å². The highest BCUT2D eigenvalue weighted by Gasteiger charge is 2.15. The molecular weight excluding hydrogens is 891 g/mol. The molecule has 0 unspecified atom stereocenters. The lowest BCUT2D eigenvalue weighted by molar-refractivity contribution is -0.159. The largest absolute Gasteiger partial charge is 0.466 e. The molecule has 10 heteroatoms. The Balaban J connectivity index is 4.29. The Morgan fingerprint density at radius 2 is 0.648 bits per heavy atom. The topological polar surface area (TPSA) is 113 Å². The third-order valence-corrected chi connectivity index (χ3v) is 12.4. The molecule has 0 spiro atoms. The first-order valence-electron chi connectivity index (χ1n) is 29.7. The van der Waals surface area contributed by atoms with Gasteiger partial charge in [0.05, 0.1) is 26.1 Å². The summed E-state index contributed by atoms with van der Waals surface area (Å²) in [5.41, 5.74) is 0. The van der Waals surface area contributed by atoms with Gasteiger partial charge in [0.2, 0.25) is 0 Å². The van der Waals surface area contributed by atoms with Crippen molar-refractivity contribution in [1.29, 1.82) is 0 Å². The van der Waals surface area contributed by atoms with E-state index >= 15 is 0 Å². The lowest BCUT2D eigenvalue weighted by Gasteiger charge is -2.22. The van der Waals surface area contributed by atoms with Crippen molar-refractivity contribution in [3.63, 3.8) is 0 Å². The number of unbranched alkanes of at least 4 members (excludes halogenated alkanes) is 20. The molecule has 416 valence electrons. The van der Waals surface area contributed by atoms with Crippen LogP contribution in [0.25, 0.3) is 0 Å². The second-order valence-electron chi connectivity index (χ2n) is 19.2. The Hall–Kier alpha value is -2.34. The van der Waals surface area contributed by atoms with Crippen molar-refractivity contribution < 1.29 is 43.1 Å². The zero-order valence-corrected chi connectivity index (χ0v) is 46.8. The van der Waals surface area contributed by atoms with E-state index in [1.54, 1.807) is 0 Å². The van der Waals surface area contributed by atoms with Crippen molar-refractivity contribution in [2.45, 2.75) is 265 Å². The summed E-state index contributed by atoms with van der Waals surface area (Å²) >= 11 is 0. The van der Waals surface area contributed by atoms with Crippen molar-refractivity contribution in [2.24, 2.45) is 0 Å². The highest BCUT2D eigenvalue weighted by molar-refractivity contribution is 5.69. The number of aliphatic hydroxyl groups excluding tert-OH is 1. The number of hydrogen-bond acceptors (Lipinski definition) is 10. The molecule has 0 bridgehead atoms. The van der Waals surface area contributed by atoms with Gasteiger partial charge in [-0.15, -0.1) is 0 Å². The predicted molar refractivity (Wildman–Crippen MR) is 298 cm³/mol. The molecule has 0 saturated carbocycles. The predicted octanol–water partition coefficient (Wildman–Crippen LogP) is 16.0. The maximum absolute atomic E-state index is 12.6. The molecule has 1 N–H and O–H groups in total. The molecule has 0 atom stereocenters. The van der Waals surface area contributed by atoms with E-state index in [0.29, 0.717) is 65.3 Å². The van der Waals surface area contributed by atoms with E-state index in [1.807, 2.05) is 0 Å². The van der Waals surface area contributed by atoms with Crippen molar-refractivity contribution in [3.8, 4) is 0 Å². The summed E-state index contributed by atoms with van der Waals surface area (Å²) in [7, 11) is 0. The number of esters is 2. The number of carbonyl (C=O) groups excluding carboxylic acids is 2. The SMILES string of the molecule is CC/C=C\CCCCCOC(CCC(=O)OCCCCCCCN(CCCO)CCCCCCCOC(=O)CCC(OCCCCC/C=C\CC)OCCCCC/C=C\CC)OCCCCC/C=C\CC. The smallest absolute Gasteiger partial charge is 0.305 e. The first-order valence-corrected chi connectivity index (χ1v) is 29.7. The van der Waals surface area contributed by atoms with Crippen LogP contribution in [0, 0.1) is 0 Å². The summed E-state index contributed by atoms with van der Waals surface area (Å²) in [6.45, 7) is 15.5.